The van der Waals surface area contributed by atoms with Crippen LogP contribution >= 0.6 is 69.8 Å². The number of aromatic carboxylic acids is 1. The molecule has 2 amide bonds. The van der Waals surface area contributed by atoms with E-state index in [1.807, 2.05) is 6.92 Å². The summed E-state index contributed by atoms with van der Waals surface area (Å²) in [6.45, 7) is 1.82. The molecule has 37 heavy (non-hydrogen) atoms. The molecule has 0 saturated carbocycles. The molecule has 6 nitrogen and oxygen atoms in total. The van der Waals surface area contributed by atoms with E-state index in [9.17, 15) is 23.9 Å². The molecule has 13 heteroatoms. The van der Waals surface area contributed by atoms with Crippen LogP contribution in [-0.4, -0.2) is 28.1 Å². The van der Waals surface area contributed by atoms with Crippen LogP contribution in [0.25, 0.3) is 0 Å². The monoisotopic (exact) mass is 622 g/mol. The van der Waals surface area contributed by atoms with Gasteiger partial charge in [0.15, 0.2) is 0 Å². The zero-order chi connectivity index (χ0) is 27.4. The van der Waals surface area contributed by atoms with E-state index in [1.165, 1.54) is 23.9 Å². The van der Waals surface area contributed by atoms with Gasteiger partial charge in [0.1, 0.15) is 5.82 Å². The molecule has 1 atom stereocenters. The highest BCUT2D eigenvalue weighted by Crippen LogP contribution is 2.42. The minimum Gasteiger partial charge on any atom is -0.478 e. The maximum atomic E-state index is 13.4. The first-order valence-electron chi connectivity index (χ1n) is 10.4. The van der Waals surface area contributed by atoms with Gasteiger partial charge in [-0.05, 0) is 42.8 Å². The van der Waals surface area contributed by atoms with Gasteiger partial charge < -0.3 is 15.7 Å². The Balaban J connectivity index is 1.81. The molecule has 0 fully saturated rings. The third-order valence-corrected chi connectivity index (χ3v) is 8.38. The number of benzene rings is 3. The largest absolute Gasteiger partial charge is 0.478 e. The van der Waals surface area contributed by atoms with Crippen molar-refractivity contribution in [2.24, 2.45) is 0 Å². The molecule has 0 aromatic heterocycles. The molecule has 3 aromatic carbocycles. The Morgan fingerprint density at radius 3 is 2.11 bits per heavy atom. The van der Waals surface area contributed by atoms with Gasteiger partial charge in [-0.2, -0.15) is 0 Å². The lowest BCUT2D eigenvalue weighted by atomic mass is 10.1. The predicted octanol–water partition coefficient (Wildman–Crippen LogP) is 8.55. The lowest BCUT2D eigenvalue weighted by Crippen LogP contribution is -2.24. The number of carbonyl (C=O) groups excluding carboxylic acids is 2. The molecule has 3 aromatic rings. The Kier molecular flexibility index (Phi) is 9.97. The number of nitrogens with one attached hydrogen (secondary N) is 2. The maximum Gasteiger partial charge on any atom is 0.338 e. The lowest BCUT2D eigenvalue weighted by molar-refractivity contribution is -0.115. The van der Waals surface area contributed by atoms with E-state index in [2.05, 4.69) is 10.6 Å². The third-order valence-electron chi connectivity index (χ3n) is 4.93. The second kappa shape index (κ2) is 12.6. The van der Waals surface area contributed by atoms with E-state index in [0.29, 0.717) is 22.7 Å². The summed E-state index contributed by atoms with van der Waals surface area (Å²) < 4.78 is 13.4. The summed E-state index contributed by atoms with van der Waals surface area (Å²) in [5.74, 6) is -3.31. The molecule has 3 rings (SSSR count). The summed E-state index contributed by atoms with van der Waals surface area (Å²) in [4.78, 5) is 38.2. The van der Waals surface area contributed by atoms with E-state index < -0.39 is 39.1 Å². The molecular formula is C24H16Cl5FN2O4S. The minimum absolute atomic E-state index is 0.114. The summed E-state index contributed by atoms with van der Waals surface area (Å²) in [7, 11) is 0. The van der Waals surface area contributed by atoms with Crippen molar-refractivity contribution in [2.75, 3.05) is 10.6 Å². The summed E-state index contributed by atoms with van der Waals surface area (Å²) in [6.07, 6.45) is 0.460. The van der Waals surface area contributed by atoms with Gasteiger partial charge in [-0.3, -0.25) is 9.59 Å². The van der Waals surface area contributed by atoms with Gasteiger partial charge in [0, 0.05) is 16.3 Å². The molecule has 0 aliphatic heterocycles. The van der Waals surface area contributed by atoms with Crippen LogP contribution in [0.2, 0.25) is 25.1 Å². The number of carbonyl (C=O) groups is 3. The van der Waals surface area contributed by atoms with Crippen LogP contribution in [0.4, 0.5) is 15.8 Å². The number of thioether (sulfide) groups is 1. The Morgan fingerprint density at radius 2 is 1.51 bits per heavy atom. The minimum atomic E-state index is -1.51. The number of hydrogen-bond acceptors (Lipinski definition) is 4. The summed E-state index contributed by atoms with van der Waals surface area (Å²) in [5.41, 5.74) is -0.392. The molecule has 0 radical (unpaired) electrons. The molecule has 194 valence electrons. The van der Waals surface area contributed by atoms with E-state index in [4.69, 9.17) is 58.0 Å². The summed E-state index contributed by atoms with van der Waals surface area (Å²) in [6, 6.07) is 10.4. The number of anilines is 2. The zero-order valence-corrected chi connectivity index (χ0v) is 23.3. The summed E-state index contributed by atoms with van der Waals surface area (Å²) in [5, 5.41) is 12.9. The first-order valence-corrected chi connectivity index (χ1v) is 13.1. The molecule has 1 unspecified atom stereocenters. The van der Waals surface area contributed by atoms with Gasteiger partial charge in [0.05, 0.1) is 41.5 Å². The standard InChI is InChI=1S/C24H16Cl5FN2O4S/c1-2-15(22(33)31-11-6-7-14(30)13(25)9-11)37-12-5-3-4-10(8-12)32-23(34)16-17(24(35)36)19(27)21(29)20(28)18(16)26/h3-9,15H,2H2,1H3,(H,31,33)(H,32,34)(H,35,36). The second-order valence-corrected chi connectivity index (χ2v) is 10.6. The van der Waals surface area contributed by atoms with Gasteiger partial charge in [-0.25, -0.2) is 9.18 Å². The van der Waals surface area contributed by atoms with Crippen molar-refractivity contribution >= 4 is 98.9 Å². The first-order chi connectivity index (χ1) is 17.4. The number of amides is 2. The average molecular weight is 625 g/mol. The molecule has 0 spiro atoms. The van der Waals surface area contributed by atoms with Crippen molar-refractivity contribution in [1.82, 2.24) is 0 Å². The van der Waals surface area contributed by atoms with Crippen molar-refractivity contribution in [3.05, 3.63) is 84.5 Å². The van der Waals surface area contributed by atoms with Crippen LogP contribution in [0.15, 0.2) is 47.4 Å². The molecule has 0 bridgehead atoms. The van der Waals surface area contributed by atoms with E-state index >= 15 is 0 Å². The van der Waals surface area contributed by atoms with Crippen LogP contribution in [-0.2, 0) is 4.79 Å². The van der Waals surface area contributed by atoms with Gasteiger partial charge in [0.25, 0.3) is 5.91 Å². The Labute approximate surface area is 240 Å². The highest BCUT2D eigenvalue weighted by molar-refractivity contribution is 8.00. The first kappa shape index (κ1) is 29.4. The van der Waals surface area contributed by atoms with Crippen LogP contribution in [0.5, 0.6) is 0 Å². The molecule has 0 heterocycles. The van der Waals surface area contributed by atoms with E-state index in [1.54, 1.807) is 24.3 Å². The molecule has 0 aliphatic carbocycles. The maximum absolute atomic E-state index is 13.4. The van der Waals surface area contributed by atoms with E-state index in [0.717, 1.165) is 6.07 Å². The number of hydrogen-bond donors (Lipinski definition) is 3. The number of rotatable bonds is 8. The van der Waals surface area contributed by atoms with Crippen molar-refractivity contribution in [1.29, 1.82) is 0 Å². The van der Waals surface area contributed by atoms with Gasteiger partial charge in [0.2, 0.25) is 5.91 Å². The Hall–Kier alpha value is -2.20. The zero-order valence-electron chi connectivity index (χ0n) is 18.7. The quantitative estimate of drug-likeness (QED) is 0.133. The summed E-state index contributed by atoms with van der Waals surface area (Å²) >= 11 is 31.1. The Bertz CT molecular complexity index is 1410. The molecular weight excluding hydrogens is 609 g/mol. The highest BCUT2D eigenvalue weighted by atomic mass is 35.5. The van der Waals surface area contributed by atoms with Crippen molar-refractivity contribution < 1.29 is 23.9 Å². The van der Waals surface area contributed by atoms with Crippen LogP contribution in [0.3, 0.4) is 0 Å². The fraction of sp³-hybridized carbons (Fsp3) is 0.125. The van der Waals surface area contributed by atoms with Gasteiger partial charge in [-0.15, -0.1) is 11.8 Å². The fourth-order valence-corrected chi connectivity index (χ4v) is 5.38. The highest BCUT2D eigenvalue weighted by Gasteiger charge is 2.29. The normalized spacial score (nSPS) is 11.6. The molecule has 0 saturated heterocycles. The van der Waals surface area contributed by atoms with Crippen molar-refractivity contribution in [2.45, 2.75) is 23.5 Å². The number of carboxylic acid groups (broad SMARTS) is 1. The topological polar surface area (TPSA) is 95.5 Å². The smallest absolute Gasteiger partial charge is 0.338 e. The van der Waals surface area contributed by atoms with Crippen molar-refractivity contribution in [3.8, 4) is 0 Å². The van der Waals surface area contributed by atoms with E-state index in [-0.39, 0.29) is 26.0 Å². The Morgan fingerprint density at radius 1 is 0.892 bits per heavy atom. The predicted molar refractivity (Wildman–Crippen MR) is 148 cm³/mol. The van der Waals surface area contributed by atoms with Crippen molar-refractivity contribution in [3.63, 3.8) is 0 Å². The number of halogens is 6. The van der Waals surface area contributed by atoms with Gasteiger partial charge in [-0.1, -0.05) is 71.0 Å². The average Bonchev–Trinajstić information content (AvgIpc) is 2.85. The van der Waals surface area contributed by atoms with Crippen LogP contribution in [0, 0.1) is 5.82 Å². The fourth-order valence-electron chi connectivity index (χ4n) is 3.17. The number of carboxylic acids is 1. The van der Waals surface area contributed by atoms with Crippen LogP contribution < -0.4 is 10.6 Å². The SMILES string of the molecule is CCC(Sc1cccc(NC(=O)c2c(Cl)c(Cl)c(Cl)c(Cl)c2C(=O)O)c1)C(=O)Nc1ccc(F)c(Cl)c1. The van der Waals surface area contributed by atoms with Crippen LogP contribution in [0.1, 0.15) is 34.1 Å². The third kappa shape index (κ3) is 6.82. The molecule has 3 N–H and O–H groups in total. The second-order valence-electron chi connectivity index (χ2n) is 7.43. The molecule has 0 aliphatic rings. The van der Waals surface area contributed by atoms with Gasteiger partial charge >= 0.3 is 5.97 Å². The lowest BCUT2D eigenvalue weighted by Gasteiger charge is -2.16.